The SMILES string of the molecule is CCC(c1ccc(O)cc1)N1CCC(C(C)(C)C)CC1. The van der Waals surface area contributed by atoms with Crippen molar-refractivity contribution in [2.45, 2.75) is 53.0 Å². The minimum atomic E-state index is 0.357. The van der Waals surface area contributed by atoms with Crippen LogP contribution in [0.4, 0.5) is 0 Å². The summed E-state index contributed by atoms with van der Waals surface area (Å²) in [6.45, 7) is 11.7. The first kappa shape index (κ1) is 15.4. The molecular weight excluding hydrogens is 246 g/mol. The number of hydrogen-bond acceptors (Lipinski definition) is 2. The van der Waals surface area contributed by atoms with Crippen LogP contribution in [0.3, 0.4) is 0 Å². The highest BCUT2D eigenvalue weighted by atomic mass is 16.3. The van der Waals surface area contributed by atoms with Gasteiger partial charge < -0.3 is 5.11 Å². The molecule has 1 N–H and O–H groups in total. The molecule has 112 valence electrons. The predicted octanol–water partition coefficient (Wildman–Crippen LogP) is 4.60. The molecule has 0 aromatic heterocycles. The molecule has 1 heterocycles. The first-order valence-corrected chi connectivity index (χ1v) is 7.94. The Bertz CT molecular complexity index is 410. The summed E-state index contributed by atoms with van der Waals surface area (Å²) in [5.41, 5.74) is 1.77. The fourth-order valence-corrected chi connectivity index (χ4v) is 3.48. The van der Waals surface area contributed by atoms with Crippen molar-refractivity contribution in [1.29, 1.82) is 0 Å². The molecule has 0 radical (unpaired) electrons. The predicted molar refractivity (Wildman–Crippen MR) is 84.9 cm³/mol. The zero-order chi connectivity index (χ0) is 14.8. The van der Waals surface area contributed by atoms with Crippen molar-refractivity contribution < 1.29 is 5.11 Å². The van der Waals surface area contributed by atoms with Crippen molar-refractivity contribution in [3.05, 3.63) is 29.8 Å². The van der Waals surface area contributed by atoms with Crippen molar-refractivity contribution in [3.63, 3.8) is 0 Å². The lowest BCUT2D eigenvalue weighted by Gasteiger charge is -2.42. The van der Waals surface area contributed by atoms with Gasteiger partial charge in [-0.05, 0) is 61.4 Å². The Hall–Kier alpha value is -1.02. The van der Waals surface area contributed by atoms with Gasteiger partial charge in [-0.25, -0.2) is 0 Å². The maximum absolute atomic E-state index is 9.43. The van der Waals surface area contributed by atoms with Crippen molar-refractivity contribution >= 4 is 0 Å². The summed E-state index contributed by atoms with van der Waals surface area (Å²) in [5.74, 6) is 1.20. The maximum atomic E-state index is 9.43. The van der Waals surface area contributed by atoms with Crippen LogP contribution in [0.15, 0.2) is 24.3 Å². The van der Waals surface area contributed by atoms with Gasteiger partial charge in [-0.15, -0.1) is 0 Å². The third-order valence-electron chi connectivity index (χ3n) is 4.86. The molecule has 0 amide bonds. The van der Waals surface area contributed by atoms with Crippen LogP contribution in [0.2, 0.25) is 0 Å². The molecular formula is C18H29NO. The molecule has 1 aliphatic heterocycles. The standard InChI is InChI=1S/C18H29NO/c1-5-17(14-6-8-16(20)9-7-14)19-12-10-15(11-13-19)18(2,3)4/h6-9,15,17,20H,5,10-13H2,1-4H3. The summed E-state index contributed by atoms with van der Waals surface area (Å²) in [7, 11) is 0. The summed E-state index contributed by atoms with van der Waals surface area (Å²) < 4.78 is 0. The molecule has 1 aliphatic rings. The quantitative estimate of drug-likeness (QED) is 0.871. The Morgan fingerprint density at radius 3 is 2.15 bits per heavy atom. The first-order valence-electron chi connectivity index (χ1n) is 7.94. The van der Waals surface area contributed by atoms with Crippen LogP contribution in [0.1, 0.15) is 58.6 Å². The van der Waals surface area contributed by atoms with Gasteiger partial charge in [-0.2, -0.15) is 0 Å². The molecule has 0 aliphatic carbocycles. The fraction of sp³-hybridized carbons (Fsp3) is 0.667. The third kappa shape index (κ3) is 3.54. The van der Waals surface area contributed by atoms with Crippen LogP contribution in [0, 0.1) is 11.3 Å². The van der Waals surface area contributed by atoms with Gasteiger partial charge in [0.25, 0.3) is 0 Å². The second kappa shape index (κ2) is 6.17. The van der Waals surface area contributed by atoms with Crippen LogP contribution in [-0.2, 0) is 0 Å². The average molecular weight is 275 g/mol. The number of hydrogen-bond donors (Lipinski definition) is 1. The minimum absolute atomic E-state index is 0.357. The van der Waals surface area contributed by atoms with E-state index in [1.165, 1.54) is 31.5 Å². The van der Waals surface area contributed by atoms with Gasteiger partial charge in [-0.3, -0.25) is 4.90 Å². The number of phenolic OH excluding ortho intramolecular Hbond substituents is 1. The topological polar surface area (TPSA) is 23.5 Å². The highest BCUT2D eigenvalue weighted by molar-refractivity contribution is 5.28. The molecule has 2 heteroatoms. The smallest absolute Gasteiger partial charge is 0.115 e. The molecule has 1 unspecified atom stereocenters. The van der Waals surface area contributed by atoms with Gasteiger partial charge in [0.2, 0.25) is 0 Å². The molecule has 1 saturated heterocycles. The Morgan fingerprint density at radius 2 is 1.70 bits per heavy atom. The Labute approximate surface area is 123 Å². The number of nitrogens with zero attached hydrogens (tertiary/aromatic N) is 1. The Balaban J connectivity index is 2.02. The molecule has 0 spiro atoms. The van der Waals surface area contributed by atoms with Crippen LogP contribution >= 0.6 is 0 Å². The molecule has 0 bridgehead atoms. The number of rotatable bonds is 3. The van der Waals surface area contributed by atoms with E-state index < -0.39 is 0 Å². The molecule has 1 fully saturated rings. The normalized spacial score (nSPS) is 20.0. The number of piperidine rings is 1. The second-order valence-electron chi connectivity index (χ2n) is 7.19. The van der Waals surface area contributed by atoms with Gasteiger partial charge in [0.15, 0.2) is 0 Å². The van der Waals surface area contributed by atoms with E-state index >= 15 is 0 Å². The van der Waals surface area contributed by atoms with E-state index in [0.29, 0.717) is 17.2 Å². The monoisotopic (exact) mass is 275 g/mol. The third-order valence-corrected chi connectivity index (χ3v) is 4.86. The lowest BCUT2D eigenvalue weighted by atomic mass is 9.75. The summed E-state index contributed by atoms with van der Waals surface area (Å²) in [5, 5.41) is 9.43. The largest absolute Gasteiger partial charge is 0.508 e. The molecule has 2 nitrogen and oxygen atoms in total. The van der Waals surface area contributed by atoms with E-state index in [9.17, 15) is 5.11 Å². The van der Waals surface area contributed by atoms with Crippen molar-refractivity contribution in [3.8, 4) is 5.75 Å². The van der Waals surface area contributed by atoms with E-state index in [1.807, 2.05) is 0 Å². The summed E-state index contributed by atoms with van der Waals surface area (Å²) in [6.07, 6.45) is 3.74. The van der Waals surface area contributed by atoms with Crippen LogP contribution in [0.25, 0.3) is 0 Å². The molecule has 1 aromatic carbocycles. The summed E-state index contributed by atoms with van der Waals surface area (Å²) in [4.78, 5) is 2.62. The lowest BCUT2D eigenvalue weighted by Crippen LogP contribution is -2.39. The molecule has 1 aromatic rings. The molecule has 0 saturated carbocycles. The van der Waals surface area contributed by atoms with Crippen molar-refractivity contribution in [2.75, 3.05) is 13.1 Å². The van der Waals surface area contributed by atoms with E-state index in [-0.39, 0.29) is 0 Å². The second-order valence-corrected chi connectivity index (χ2v) is 7.19. The minimum Gasteiger partial charge on any atom is -0.508 e. The van der Waals surface area contributed by atoms with E-state index in [2.05, 4.69) is 44.7 Å². The van der Waals surface area contributed by atoms with E-state index in [1.54, 1.807) is 12.1 Å². The fourth-order valence-electron chi connectivity index (χ4n) is 3.48. The summed E-state index contributed by atoms with van der Waals surface area (Å²) >= 11 is 0. The van der Waals surface area contributed by atoms with Crippen LogP contribution < -0.4 is 0 Å². The van der Waals surface area contributed by atoms with E-state index in [0.717, 1.165) is 12.3 Å². The molecule has 20 heavy (non-hydrogen) atoms. The zero-order valence-electron chi connectivity index (χ0n) is 13.4. The van der Waals surface area contributed by atoms with Gasteiger partial charge in [0, 0.05) is 6.04 Å². The van der Waals surface area contributed by atoms with Crippen molar-refractivity contribution in [2.24, 2.45) is 11.3 Å². The van der Waals surface area contributed by atoms with Crippen LogP contribution in [0.5, 0.6) is 5.75 Å². The average Bonchev–Trinajstić information content (AvgIpc) is 2.41. The molecule has 2 rings (SSSR count). The Morgan fingerprint density at radius 1 is 1.15 bits per heavy atom. The van der Waals surface area contributed by atoms with Gasteiger partial charge in [0.05, 0.1) is 0 Å². The van der Waals surface area contributed by atoms with Gasteiger partial charge in [-0.1, -0.05) is 39.8 Å². The maximum Gasteiger partial charge on any atom is 0.115 e. The number of likely N-dealkylation sites (tertiary alicyclic amines) is 1. The lowest BCUT2D eigenvalue weighted by molar-refractivity contribution is 0.0807. The molecule has 1 atom stereocenters. The van der Waals surface area contributed by atoms with Crippen molar-refractivity contribution in [1.82, 2.24) is 4.90 Å². The highest BCUT2D eigenvalue weighted by Crippen LogP contribution is 2.37. The first-order chi connectivity index (χ1) is 9.41. The van der Waals surface area contributed by atoms with E-state index in [4.69, 9.17) is 0 Å². The van der Waals surface area contributed by atoms with Crippen LogP contribution in [-0.4, -0.2) is 23.1 Å². The number of phenols is 1. The van der Waals surface area contributed by atoms with Gasteiger partial charge >= 0.3 is 0 Å². The number of aromatic hydroxyl groups is 1. The number of benzene rings is 1. The Kier molecular flexibility index (Phi) is 4.74. The zero-order valence-corrected chi connectivity index (χ0v) is 13.4. The summed E-state index contributed by atoms with van der Waals surface area (Å²) in [6, 6.07) is 8.25. The van der Waals surface area contributed by atoms with Gasteiger partial charge in [0.1, 0.15) is 5.75 Å². The highest BCUT2D eigenvalue weighted by Gasteiger charge is 2.31.